The molecule has 0 spiro atoms. The predicted molar refractivity (Wildman–Crippen MR) is 93.2 cm³/mol. The van der Waals surface area contributed by atoms with Crippen LogP contribution in [0.1, 0.15) is 22.3 Å². The Kier molecular flexibility index (Phi) is 5.50. The summed E-state index contributed by atoms with van der Waals surface area (Å²) in [6, 6.07) is 12.9. The molecule has 0 saturated heterocycles. The topological polar surface area (TPSA) is 15.3 Å². The third-order valence-electron chi connectivity index (χ3n) is 3.61. The molecule has 4 heteroatoms. The van der Waals surface area contributed by atoms with Crippen LogP contribution in [0, 0.1) is 19.7 Å². The van der Waals surface area contributed by atoms with Crippen molar-refractivity contribution < 1.29 is 4.39 Å². The van der Waals surface area contributed by atoms with Gasteiger partial charge in [-0.1, -0.05) is 35.9 Å². The SMILES string of the molecule is Cc1ccc(CN(C)C(=S)NCc2ccc(F)cc2)c(C)c1. The van der Waals surface area contributed by atoms with Crippen LogP contribution < -0.4 is 5.32 Å². The zero-order chi connectivity index (χ0) is 16.1. The van der Waals surface area contributed by atoms with E-state index in [2.05, 4.69) is 37.4 Å². The van der Waals surface area contributed by atoms with Gasteiger partial charge >= 0.3 is 0 Å². The minimum Gasteiger partial charge on any atom is -0.358 e. The van der Waals surface area contributed by atoms with E-state index >= 15 is 0 Å². The fraction of sp³-hybridized carbons (Fsp3) is 0.278. The second-order valence-electron chi connectivity index (χ2n) is 5.57. The molecule has 0 saturated carbocycles. The minimum absolute atomic E-state index is 0.224. The maximum atomic E-state index is 12.9. The van der Waals surface area contributed by atoms with E-state index in [0.29, 0.717) is 11.7 Å². The highest BCUT2D eigenvalue weighted by Gasteiger charge is 2.07. The van der Waals surface area contributed by atoms with E-state index in [0.717, 1.165) is 12.1 Å². The van der Waals surface area contributed by atoms with E-state index in [1.807, 2.05) is 11.9 Å². The van der Waals surface area contributed by atoms with Gasteiger partial charge in [-0.15, -0.1) is 0 Å². The Hall–Kier alpha value is -1.94. The van der Waals surface area contributed by atoms with Crippen molar-refractivity contribution in [3.8, 4) is 0 Å². The maximum absolute atomic E-state index is 12.9. The van der Waals surface area contributed by atoms with Crippen LogP contribution in [-0.2, 0) is 13.1 Å². The smallest absolute Gasteiger partial charge is 0.169 e. The molecule has 2 aromatic carbocycles. The van der Waals surface area contributed by atoms with Crippen molar-refractivity contribution in [2.45, 2.75) is 26.9 Å². The van der Waals surface area contributed by atoms with Gasteiger partial charge in [0.15, 0.2) is 5.11 Å². The highest BCUT2D eigenvalue weighted by molar-refractivity contribution is 7.80. The highest BCUT2D eigenvalue weighted by atomic mass is 32.1. The first-order chi connectivity index (χ1) is 10.5. The molecule has 0 fully saturated rings. The monoisotopic (exact) mass is 316 g/mol. The van der Waals surface area contributed by atoms with Gasteiger partial charge in [-0.3, -0.25) is 0 Å². The van der Waals surface area contributed by atoms with Crippen molar-refractivity contribution in [1.29, 1.82) is 0 Å². The van der Waals surface area contributed by atoms with Crippen molar-refractivity contribution in [2.75, 3.05) is 7.05 Å². The normalized spacial score (nSPS) is 10.4. The Morgan fingerprint density at radius 2 is 1.82 bits per heavy atom. The molecule has 0 aromatic heterocycles. The number of nitrogens with zero attached hydrogens (tertiary/aromatic N) is 1. The van der Waals surface area contributed by atoms with Crippen molar-refractivity contribution >= 4 is 17.3 Å². The fourth-order valence-electron chi connectivity index (χ4n) is 2.27. The third-order valence-corrected chi connectivity index (χ3v) is 4.07. The summed E-state index contributed by atoms with van der Waals surface area (Å²) in [4.78, 5) is 2.01. The molecule has 22 heavy (non-hydrogen) atoms. The third kappa shape index (κ3) is 4.53. The van der Waals surface area contributed by atoms with E-state index in [9.17, 15) is 4.39 Å². The van der Waals surface area contributed by atoms with E-state index in [1.54, 1.807) is 12.1 Å². The Morgan fingerprint density at radius 1 is 1.14 bits per heavy atom. The first-order valence-electron chi connectivity index (χ1n) is 7.25. The van der Waals surface area contributed by atoms with Crippen molar-refractivity contribution in [2.24, 2.45) is 0 Å². The molecule has 0 amide bonds. The lowest BCUT2D eigenvalue weighted by Gasteiger charge is -2.22. The summed E-state index contributed by atoms with van der Waals surface area (Å²) in [6.07, 6.45) is 0. The molecule has 0 atom stereocenters. The number of halogens is 1. The van der Waals surface area contributed by atoms with Crippen LogP contribution in [0.2, 0.25) is 0 Å². The van der Waals surface area contributed by atoms with Gasteiger partial charge in [0.05, 0.1) is 0 Å². The molecule has 0 aliphatic rings. The number of hydrogen-bond acceptors (Lipinski definition) is 1. The summed E-state index contributed by atoms with van der Waals surface area (Å²) in [5, 5.41) is 3.89. The highest BCUT2D eigenvalue weighted by Crippen LogP contribution is 2.12. The largest absolute Gasteiger partial charge is 0.358 e. The second-order valence-corrected chi connectivity index (χ2v) is 5.96. The molecular formula is C18H21FN2S. The van der Waals surface area contributed by atoms with Crippen molar-refractivity contribution in [1.82, 2.24) is 10.2 Å². The molecule has 0 aliphatic carbocycles. The van der Waals surface area contributed by atoms with Gasteiger partial charge in [-0.25, -0.2) is 4.39 Å². The van der Waals surface area contributed by atoms with Gasteiger partial charge in [-0.05, 0) is 54.9 Å². The summed E-state index contributed by atoms with van der Waals surface area (Å²) in [7, 11) is 1.97. The second kappa shape index (κ2) is 7.36. The minimum atomic E-state index is -0.224. The average molecular weight is 316 g/mol. The number of thiocarbonyl (C=S) groups is 1. The molecular weight excluding hydrogens is 295 g/mol. The molecule has 2 nitrogen and oxygen atoms in total. The molecule has 0 unspecified atom stereocenters. The van der Waals surface area contributed by atoms with Gasteiger partial charge in [-0.2, -0.15) is 0 Å². The van der Waals surface area contributed by atoms with Crippen LogP contribution in [0.5, 0.6) is 0 Å². The van der Waals surface area contributed by atoms with Gasteiger partial charge in [0.25, 0.3) is 0 Å². The summed E-state index contributed by atoms with van der Waals surface area (Å²) < 4.78 is 12.9. The van der Waals surface area contributed by atoms with Gasteiger partial charge < -0.3 is 10.2 Å². The Labute approximate surface area is 137 Å². The van der Waals surface area contributed by atoms with E-state index in [4.69, 9.17) is 12.2 Å². The number of benzene rings is 2. The molecule has 2 rings (SSSR count). The lowest BCUT2D eigenvalue weighted by molar-refractivity contribution is 0.487. The lowest BCUT2D eigenvalue weighted by atomic mass is 10.1. The number of hydrogen-bond donors (Lipinski definition) is 1. The zero-order valence-corrected chi connectivity index (χ0v) is 14.0. The average Bonchev–Trinajstić information content (AvgIpc) is 2.49. The van der Waals surface area contributed by atoms with Gasteiger partial charge in [0.2, 0.25) is 0 Å². The van der Waals surface area contributed by atoms with Crippen LogP contribution in [-0.4, -0.2) is 17.1 Å². The quantitative estimate of drug-likeness (QED) is 0.860. The lowest BCUT2D eigenvalue weighted by Crippen LogP contribution is -2.36. The molecule has 0 aliphatic heterocycles. The number of rotatable bonds is 4. The van der Waals surface area contributed by atoms with Crippen molar-refractivity contribution in [3.05, 3.63) is 70.5 Å². The van der Waals surface area contributed by atoms with E-state index < -0.39 is 0 Å². The zero-order valence-electron chi connectivity index (χ0n) is 13.2. The predicted octanol–water partition coefficient (Wildman–Crippen LogP) is 3.95. The summed E-state index contributed by atoms with van der Waals surface area (Å²) >= 11 is 5.41. The summed E-state index contributed by atoms with van der Waals surface area (Å²) in [5.41, 5.74) is 4.80. The fourth-order valence-corrected chi connectivity index (χ4v) is 2.40. The molecule has 0 heterocycles. The van der Waals surface area contributed by atoms with E-state index in [1.165, 1.54) is 28.8 Å². The maximum Gasteiger partial charge on any atom is 0.169 e. The van der Waals surface area contributed by atoms with Crippen LogP contribution >= 0.6 is 12.2 Å². The van der Waals surface area contributed by atoms with E-state index in [-0.39, 0.29) is 5.82 Å². The first kappa shape index (κ1) is 16.4. The summed E-state index contributed by atoms with van der Waals surface area (Å²) in [5.74, 6) is -0.224. The Morgan fingerprint density at radius 3 is 2.45 bits per heavy atom. The Bertz CT molecular complexity index is 653. The summed E-state index contributed by atoms with van der Waals surface area (Å²) in [6.45, 7) is 5.57. The molecule has 1 N–H and O–H groups in total. The molecule has 116 valence electrons. The number of nitrogens with one attached hydrogen (secondary N) is 1. The van der Waals surface area contributed by atoms with Crippen LogP contribution in [0.3, 0.4) is 0 Å². The van der Waals surface area contributed by atoms with Crippen molar-refractivity contribution in [3.63, 3.8) is 0 Å². The molecule has 2 aromatic rings. The number of aryl methyl sites for hydroxylation is 2. The standard InChI is InChI=1S/C18H21FN2S/c1-13-4-7-16(14(2)10-13)12-21(3)18(22)20-11-15-5-8-17(19)9-6-15/h4-10H,11-12H2,1-3H3,(H,20,22). The first-order valence-corrected chi connectivity index (χ1v) is 7.66. The molecule has 0 radical (unpaired) electrons. The van der Waals surface area contributed by atoms with Crippen LogP contribution in [0.25, 0.3) is 0 Å². The van der Waals surface area contributed by atoms with Crippen LogP contribution in [0.4, 0.5) is 4.39 Å². The van der Waals surface area contributed by atoms with Gasteiger partial charge in [0.1, 0.15) is 5.82 Å². The Balaban J connectivity index is 1.90. The molecule has 0 bridgehead atoms. The van der Waals surface area contributed by atoms with Crippen LogP contribution in [0.15, 0.2) is 42.5 Å². The van der Waals surface area contributed by atoms with Gasteiger partial charge in [0, 0.05) is 20.1 Å².